The summed E-state index contributed by atoms with van der Waals surface area (Å²) in [5.41, 5.74) is 4.53. The van der Waals surface area contributed by atoms with Crippen LogP contribution in [0.2, 0.25) is 0 Å². The molecule has 1 nitrogen and oxygen atoms in total. The Hall–Kier alpha value is -1.12. The molecule has 0 saturated heterocycles. The standard InChI is InChI=1S/C16H17BrO/c1-11-3-6-13(7-4-11)9-16(18)14-8-5-12(2)15(17)10-14/h3-8,10,16,18H,9H2,1-2H3. The largest absolute Gasteiger partial charge is 0.388 e. The van der Waals surface area contributed by atoms with E-state index in [4.69, 9.17) is 0 Å². The lowest BCUT2D eigenvalue weighted by Gasteiger charge is -2.12. The summed E-state index contributed by atoms with van der Waals surface area (Å²) >= 11 is 3.50. The van der Waals surface area contributed by atoms with Gasteiger partial charge in [0.25, 0.3) is 0 Å². The average Bonchev–Trinajstić information content (AvgIpc) is 2.35. The molecule has 94 valence electrons. The van der Waals surface area contributed by atoms with Gasteiger partial charge in [0.05, 0.1) is 6.10 Å². The van der Waals surface area contributed by atoms with E-state index in [0.29, 0.717) is 6.42 Å². The second kappa shape index (κ2) is 5.68. The fourth-order valence-electron chi connectivity index (χ4n) is 1.88. The highest BCUT2D eigenvalue weighted by Crippen LogP contribution is 2.24. The van der Waals surface area contributed by atoms with Gasteiger partial charge in [-0.05, 0) is 36.6 Å². The molecule has 0 heterocycles. The van der Waals surface area contributed by atoms with Gasteiger partial charge in [-0.2, -0.15) is 0 Å². The van der Waals surface area contributed by atoms with Crippen molar-refractivity contribution in [3.8, 4) is 0 Å². The van der Waals surface area contributed by atoms with Crippen molar-refractivity contribution in [2.75, 3.05) is 0 Å². The molecule has 0 spiro atoms. The highest BCUT2D eigenvalue weighted by atomic mass is 79.9. The van der Waals surface area contributed by atoms with Gasteiger partial charge in [0.2, 0.25) is 0 Å². The predicted octanol–water partition coefficient (Wildman–Crippen LogP) is 4.34. The lowest BCUT2D eigenvalue weighted by Crippen LogP contribution is -2.02. The molecule has 0 radical (unpaired) electrons. The molecule has 2 rings (SSSR count). The van der Waals surface area contributed by atoms with Gasteiger partial charge in [-0.25, -0.2) is 0 Å². The third kappa shape index (κ3) is 3.21. The van der Waals surface area contributed by atoms with Crippen molar-refractivity contribution >= 4 is 15.9 Å². The van der Waals surface area contributed by atoms with E-state index in [2.05, 4.69) is 47.1 Å². The molecule has 0 aliphatic heterocycles. The Morgan fingerprint density at radius 2 is 1.72 bits per heavy atom. The van der Waals surface area contributed by atoms with Crippen LogP contribution in [-0.2, 0) is 6.42 Å². The van der Waals surface area contributed by atoms with Crippen LogP contribution in [0.3, 0.4) is 0 Å². The second-order valence-electron chi connectivity index (χ2n) is 4.71. The number of hydrogen-bond acceptors (Lipinski definition) is 1. The molecule has 0 bridgehead atoms. The first-order valence-electron chi connectivity index (χ1n) is 6.06. The molecule has 0 aromatic heterocycles. The van der Waals surface area contributed by atoms with E-state index < -0.39 is 6.10 Å². The Bertz CT molecular complexity index is 531. The van der Waals surface area contributed by atoms with Crippen molar-refractivity contribution in [3.63, 3.8) is 0 Å². The third-order valence-electron chi connectivity index (χ3n) is 3.13. The van der Waals surface area contributed by atoms with Crippen LogP contribution < -0.4 is 0 Å². The quantitative estimate of drug-likeness (QED) is 0.894. The molecule has 1 unspecified atom stereocenters. The number of benzene rings is 2. The molecular weight excluding hydrogens is 288 g/mol. The number of aliphatic hydroxyl groups is 1. The predicted molar refractivity (Wildman–Crippen MR) is 78.7 cm³/mol. The van der Waals surface area contributed by atoms with Gasteiger partial charge in [0, 0.05) is 10.9 Å². The zero-order valence-electron chi connectivity index (χ0n) is 10.7. The summed E-state index contributed by atoms with van der Waals surface area (Å²) in [6.07, 6.45) is 0.195. The minimum Gasteiger partial charge on any atom is -0.388 e. The number of rotatable bonds is 3. The molecule has 1 N–H and O–H groups in total. The second-order valence-corrected chi connectivity index (χ2v) is 5.57. The van der Waals surface area contributed by atoms with Crippen LogP contribution >= 0.6 is 15.9 Å². The molecule has 2 aromatic carbocycles. The van der Waals surface area contributed by atoms with E-state index in [9.17, 15) is 5.11 Å². The Morgan fingerprint density at radius 1 is 1.06 bits per heavy atom. The summed E-state index contributed by atoms with van der Waals surface area (Å²) in [6.45, 7) is 4.11. The molecule has 0 aliphatic carbocycles. The van der Waals surface area contributed by atoms with Crippen molar-refractivity contribution in [1.82, 2.24) is 0 Å². The van der Waals surface area contributed by atoms with Gasteiger partial charge in [-0.1, -0.05) is 57.9 Å². The highest BCUT2D eigenvalue weighted by Gasteiger charge is 2.09. The summed E-state index contributed by atoms with van der Waals surface area (Å²) < 4.78 is 1.04. The Labute approximate surface area is 117 Å². The monoisotopic (exact) mass is 304 g/mol. The van der Waals surface area contributed by atoms with Crippen molar-refractivity contribution in [2.45, 2.75) is 26.4 Å². The van der Waals surface area contributed by atoms with E-state index in [1.807, 2.05) is 25.1 Å². The summed E-state index contributed by atoms with van der Waals surface area (Å²) in [4.78, 5) is 0. The van der Waals surface area contributed by atoms with Gasteiger partial charge in [0.15, 0.2) is 0 Å². The van der Waals surface area contributed by atoms with Gasteiger partial charge in [-0.15, -0.1) is 0 Å². The van der Waals surface area contributed by atoms with Crippen LogP contribution in [0.1, 0.15) is 28.4 Å². The molecule has 18 heavy (non-hydrogen) atoms. The zero-order chi connectivity index (χ0) is 13.1. The van der Waals surface area contributed by atoms with Gasteiger partial charge in [0.1, 0.15) is 0 Å². The van der Waals surface area contributed by atoms with Gasteiger partial charge < -0.3 is 5.11 Å². The zero-order valence-corrected chi connectivity index (χ0v) is 12.2. The maximum atomic E-state index is 10.2. The highest BCUT2D eigenvalue weighted by molar-refractivity contribution is 9.10. The summed E-state index contributed by atoms with van der Waals surface area (Å²) in [6, 6.07) is 14.3. The Kier molecular flexibility index (Phi) is 4.20. The molecule has 0 amide bonds. The number of hydrogen-bond donors (Lipinski definition) is 1. The number of halogens is 1. The topological polar surface area (TPSA) is 20.2 Å². The summed E-state index contributed by atoms with van der Waals surface area (Å²) in [5, 5.41) is 10.2. The van der Waals surface area contributed by atoms with E-state index in [1.165, 1.54) is 11.1 Å². The van der Waals surface area contributed by atoms with Gasteiger partial charge >= 0.3 is 0 Å². The molecular formula is C16H17BrO. The summed E-state index contributed by atoms with van der Waals surface area (Å²) in [5.74, 6) is 0. The number of aliphatic hydroxyl groups excluding tert-OH is 1. The molecule has 0 aliphatic rings. The van der Waals surface area contributed by atoms with E-state index in [1.54, 1.807) is 0 Å². The number of aryl methyl sites for hydroxylation is 2. The fraction of sp³-hybridized carbons (Fsp3) is 0.250. The normalized spacial score (nSPS) is 12.4. The lowest BCUT2D eigenvalue weighted by atomic mass is 10.00. The molecule has 0 fully saturated rings. The summed E-state index contributed by atoms with van der Waals surface area (Å²) in [7, 11) is 0. The maximum Gasteiger partial charge on any atom is 0.0830 e. The van der Waals surface area contributed by atoms with E-state index in [0.717, 1.165) is 15.6 Å². The first-order valence-corrected chi connectivity index (χ1v) is 6.85. The van der Waals surface area contributed by atoms with Crippen LogP contribution in [0.15, 0.2) is 46.9 Å². The van der Waals surface area contributed by atoms with Crippen LogP contribution in [0, 0.1) is 13.8 Å². The molecule has 2 aromatic rings. The van der Waals surface area contributed by atoms with Crippen molar-refractivity contribution in [1.29, 1.82) is 0 Å². The average molecular weight is 305 g/mol. The van der Waals surface area contributed by atoms with Crippen LogP contribution in [0.25, 0.3) is 0 Å². The Balaban J connectivity index is 2.13. The maximum absolute atomic E-state index is 10.2. The van der Waals surface area contributed by atoms with Crippen molar-refractivity contribution < 1.29 is 5.11 Å². The van der Waals surface area contributed by atoms with E-state index in [-0.39, 0.29) is 0 Å². The minimum atomic E-state index is -0.454. The van der Waals surface area contributed by atoms with Crippen LogP contribution in [0.5, 0.6) is 0 Å². The smallest absolute Gasteiger partial charge is 0.0830 e. The van der Waals surface area contributed by atoms with Crippen molar-refractivity contribution in [3.05, 3.63) is 69.2 Å². The van der Waals surface area contributed by atoms with Gasteiger partial charge in [-0.3, -0.25) is 0 Å². The minimum absolute atomic E-state index is 0.454. The molecule has 1 atom stereocenters. The SMILES string of the molecule is Cc1ccc(CC(O)c2ccc(C)c(Br)c2)cc1. The first-order chi connectivity index (χ1) is 8.56. The fourth-order valence-corrected chi connectivity index (χ4v) is 2.28. The van der Waals surface area contributed by atoms with Crippen LogP contribution in [-0.4, -0.2) is 5.11 Å². The van der Waals surface area contributed by atoms with E-state index >= 15 is 0 Å². The lowest BCUT2D eigenvalue weighted by molar-refractivity contribution is 0.178. The van der Waals surface area contributed by atoms with Crippen LogP contribution in [0.4, 0.5) is 0 Å². The first kappa shape index (κ1) is 13.3. The molecule has 0 saturated carbocycles. The third-order valence-corrected chi connectivity index (χ3v) is 3.98. The molecule has 2 heteroatoms. The Morgan fingerprint density at radius 3 is 2.33 bits per heavy atom. The van der Waals surface area contributed by atoms with Crippen molar-refractivity contribution in [2.24, 2.45) is 0 Å².